The molecule has 1 aromatic rings. The Morgan fingerprint density at radius 2 is 1.94 bits per heavy atom. The van der Waals surface area contributed by atoms with Crippen LogP contribution in [0.25, 0.3) is 0 Å². The summed E-state index contributed by atoms with van der Waals surface area (Å²) in [7, 11) is 2.18. The highest BCUT2D eigenvalue weighted by atomic mass is 35.5. The molecular weight excluding hydrogens is 248 g/mol. The molecule has 1 aromatic heterocycles. The number of nitrogens with zero attached hydrogens (tertiary/aromatic N) is 3. The zero-order chi connectivity index (χ0) is 13.1. The van der Waals surface area contributed by atoms with Crippen LogP contribution in [-0.2, 0) is 0 Å². The lowest BCUT2D eigenvalue weighted by Crippen LogP contribution is -2.33. The largest absolute Gasteiger partial charge is 0.369 e. The number of likely N-dealkylation sites (tertiary alicyclic amines) is 1. The number of halogens is 1. The van der Waals surface area contributed by atoms with Gasteiger partial charge in [0.15, 0.2) is 0 Å². The molecule has 0 unspecified atom stereocenters. The van der Waals surface area contributed by atoms with Gasteiger partial charge in [0.05, 0.1) is 0 Å². The quantitative estimate of drug-likeness (QED) is 0.856. The third kappa shape index (κ3) is 3.33. The molecule has 0 spiro atoms. The molecule has 100 valence electrons. The maximum absolute atomic E-state index is 6.06. The fraction of sp³-hybridized carbons (Fsp3) is 0.692. The van der Waals surface area contributed by atoms with Gasteiger partial charge in [0.1, 0.15) is 16.8 Å². The third-order valence-electron chi connectivity index (χ3n) is 3.59. The van der Waals surface area contributed by atoms with Crippen LogP contribution in [0, 0.1) is 19.8 Å². The van der Waals surface area contributed by atoms with Crippen LogP contribution in [0.5, 0.6) is 0 Å². The van der Waals surface area contributed by atoms with Gasteiger partial charge in [0, 0.05) is 12.1 Å². The molecule has 2 heterocycles. The summed E-state index contributed by atoms with van der Waals surface area (Å²) in [6, 6.07) is 0. The molecule has 18 heavy (non-hydrogen) atoms. The van der Waals surface area contributed by atoms with Crippen LogP contribution < -0.4 is 5.32 Å². The summed E-state index contributed by atoms with van der Waals surface area (Å²) in [6.07, 6.45) is 2.50. The van der Waals surface area contributed by atoms with Crippen LogP contribution >= 0.6 is 11.6 Å². The number of aromatic nitrogens is 2. The van der Waals surface area contributed by atoms with Crippen LogP contribution in [0.1, 0.15) is 24.2 Å². The van der Waals surface area contributed by atoms with Gasteiger partial charge in [0.25, 0.3) is 0 Å². The van der Waals surface area contributed by atoms with E-state index in [1.54, 1.807) is 0 Å². The topological polar surface area (TPSA) is 41.1 Å². The minimum absolute atomic E-state index is 0.549. The van der Waals surface area contributed by atoms with Crippen molar-refractivity contribution in [1.82, 2.24) is 14.9 Å². The van der Waals surface area contributed by atoms with E-state index in [4.69, 9.17) is 11.6 Å². The molecule has 2 rings (SSSR count). The highest BCUT2D eigenvalue weighted by Gasteiger charge is 2.17. The summed E-state index contributed by atoms with van der Waals surface area (Å²) < 4.78 is 0. The number of hydrogen-bond donors (Lipinski definition) is 1. The number of piperidine rings is 1. The van der Waals surface area contributed by atoms with Gasteiger partial charge in [-0.05, 0) is 52.7 Å². The summed E-state index contributed by atoms with van der Waals surface area (Å²) in [5.41, 5.74) is 0.940. The lowest BCUT2D eigenvalue weighted by atomic mass is 9.97. The summed E-state index contributed by atoms with van der Waals surface area (Å²) in [5, 5.41) is 3.97. The molecule has 1 fully saturated rings. The van der Waals surface area contributed by atoms with Gasteiger partial charge in [-0.25, -0.2) is 9.97 Å². The summed E-state index contributed by atoms with van der Waals surface area (Å²) in [5.74, 6) is 2.33. The molecule has 0 radical (unpaired) electrons. The third-order valence-corrected chi connectivity index (χ3v) is 3.96. The molecule has 1 N–H and O–H groups in total. The maximum atomic E-state index is 6.06. The second kappa shape index (κ2) is 5.85. The Morgan fingerprint density at radius 1 is 1.28 bits per heavy atom. The van der Waals surface area contributed by atoms with Gasteiger partial charge >= 0.3 is 0 Å². The van der Waals surface area contributed by atoms with E-state index >= 15 is 0 Å². The first-order valence-electron chi connectivity index (χ1n) is 6.49. The summed E-state index contributed by atoms with van der Waals surface area (Å²) in [6.45, 7) is 7.18. The van der Waals surface area contributed by atoms with Crippen molar-refractivity contribution in [3.63, 3.8) is 0 Å². The van der Waals surface area contributed by atoms with Gasteiger partial charge in [-0.3, -0.25) is 0 Å². The molecular formula is C13H21ClN4. The number of rotatable bonds is 3. The van der Waals surface area contributed by atoms with Crippen LogP contribution in [0.2, 0.25) is 5.15 Å². The monoisotopic (exact) mass is 268 g/mol. The highest BCUT2D eigenvalue weighted by Crippen LogP contribution is 2.21. The van der Waals surface area contributed by atoms with E-state index in [9.17, 15) is 0 Å². The van der Waals surface area contributed by atoms with Crippen molar-refractivity contribution in [3.8, 4) is 0 Å². The van der Waals surface area contributed by atoms with E-state index in [-0.39, 0.29) is 0 Å². The van der Waals surface area contributed by atoms with Crippen molar-refractivity contribution in [3.05, 3.63) is 16.5 Å². The maximum Gasteiger partial charge on any atom is 0.137 e. The van der Waals surface area contributed by atoms with Gasteiger partial charge in [-0.15, -0.1) is 0 Å². The summed E-state index contributed by atoms with van der Waals surface area (Å²) in [4.78, 5) is 10.9. The SMILES string of the molecule is Cc1nc(Cl)c(C)c(NCC2CCN(C)CC2)n1. The minimum atomic E-state index is 0.549. The number of aryl methyl sites for hydroxylation is 1. The summed E-state index contributed by atoms with van der Waals surface area (Å²) >= 11 is 6.06. The highest BCUT2D eigenvalue weighted by molar-refractivity contribution is 6.30. The van der Waals surface area contributed by atoms with Gasteiger partial charge in [0.2, 0.25) is 0 Å². The van der Waals surface area contributed by atoms with Crippen molar-refractivity contribution in [2.75, 3.05) is 32.0 Å². The Morgan fingerprint density at radius 3 is 2.61 bits per heavy atom. The molecule has 0 amide bonds. The van der Waals surface area contributed by atoms with Crippen molar-refractivity contribution >= 4 is 17.4 Å². The minimum Gasteiger partial charge on any atom is -0.369 e. The average molecular weight is 269 g/mol. The predicted molar refractivity (Wildman–Crippen MR) is 75.2 cm³/mol. The molecule has 0 atom stereocenters. The molecule has 0 bridgehead atoms. The fourth-order valence-corrected chi connectivity index (χ4v) is 2.49. The van der Waals surface area contributed by atoms with E-state index in [0.29, 0.717) is 5.15 Å². The molecule has 1 aliphatic heterocycles. The second-order valence-electron chi connectivity index (χ2n) is 5.16. The predicted octanol–water partition coefficient (Wildman–Crippen LogP) is 2.50. The van der Waals surface area contributed by atoms with E-state index < -0.39 is 0 Å². The zero-order valence-electron chi connectivity index (χ0n) is 11.3. The van der Waals surface area contributed by atoms with Gasteiger partial charge < -0.3 is 10.2 Å². The first-order valence-corrected chi connectivity index (χ1v) is 6.87. The fourth-order valence-electron chi connectivity index (χ4n) is 2.27. The Balaban J connectivity index is 1.94. The van der Waals surface area contributed by atoms with Crippen LogP contribution in [0.4, 0.5) is 5.82 Å². The Hall–Kier alpha value is -0.870. The first-order chi connectivity index (χ1) is 8.56. The van der Waals surface area contributed by atoms with E-state index in [1.807, 2.05) is 13.8 Å². The van der Waals surface area contributed by atoms with Crippen LogP contribution in [0.15, 0.2) is 0 Å². The smallest absolute Gasteiger partial charge is 0.137 e. The zero-order valence-corrected chi connectivity index (χ0v) is 12.1. The number of anilines is 1. The average Bonchev–Trinajstić information content (AvgIpc) is 2.34. The van der Waals surface area contributed by atoms with Crippen LogP contribution in [-0.4, -0.2) is 41.5 Å². The molecule has 4 nitrogen and oxygen atoms in total. The van der Waals surface area contributed by atoms with E-state index in [0.717, 1.165) is 29.7 Å². The van der Waals surface area contributed by atoms with Crippen molar-refractivity contribution in [1.29, 1.82) is 0 Å². The molecule has 0 aliphatic carbocycles. The van der Waals surface area contributed by atoms with Gasteiger partial charge in [-0.2, -0.15) is 0 Å². The lowest BCUT2D eigenvalue weighted by Gasteiger charge is -2.29. The first kappa shape index (κ1) is 13.6. The van der Waals surface area contributed by atoms with E-state index in [2.05, 4.69) is 27.2 Å². The normalized spacial score (nSPS) is 18.0. The second-order valence-corrected chi connectivity index (χ2v) is 5.52. The molecule has 5 heteroatoms. The molecule has 0 saturated carbocycles. The lowest BCUT2D eigenvalue weighted by molar-refractivity contribution is 0.226. The molecule has 0 aromatic carbocycles. The van der Waals surface area contributed by atoms with Crippen molar-refractivity contribution in [2.45, 2.75) is 26.7 Å². The Bertz CT molecular complexity index is 414. The van der Waals surface area contributed by atoms with Gasteiger partial charge in [-0.1, -0.05) is 11.6 Å². The standard InChI is InChI=1S/C13H21ClN4/c1-9-12(14)16-10(2)17-13(9)15-8-11-4-6-18(3)7-5-11/h11H,4-8H2,1-3H3,(H,15,16,17). The van der Waals surface area contributed by atoms with Crippen molar-refractivity contribution in [2.24, 2.45) is 5.92 Å². The van der Waals surface area contributed by atoms with Crippen LogP contribution in [0.3, 0.4) is 0 Å². The molecule has 1 saturated heterocycles. The van der Waals surface area contributed by atoms with E-state index in [1.165, 1.54) is 25.9 Å². The number of hydrogen-bond acceptors (Lipinski definition) is 4. The molecule has 1 aliphatic rings. The Kier molecular flexibility index (Phi) is 4.40. The van der Waals surface area contributed by atoms with Crippen molar-refractivity contribution < 1.29 is 0 Å². The number of nitrogens with one attached hydrogen (secondary N) is 1. The Labute approximate surface area is 114 Å².